The van der Waals surface area contributed by atoms with E-state index in [0.29, 0.717) is 37.0 Å². The van der Waals surface area contributed by atoms with Crippen LogP contribution in [0.2, 0.25) is 0 Å². The molecule has 0 radical (unpaired) electrons. The molecule has 0 spiro atoms. The molecule has 44 heavy (non-hydrogen) atoms. The van der Waals surface area contributed by atoms with E-state index in [0.717, 1.165) is 16.3 Å². The van der Waals surface area contributed by atoms with Gasteiger partial charge in [-0.1, -0.05) is 77.7 Å². The van der Waals surface area contributed by atoms with Gasteiger partial charge in [-0.2, -0.15) is 0 Å². The van der Waals surface area contributed by atoms with Crippen LogP contribution in [-0.4, -0.2) is 44.5 Å². The molecule has 1 aliphatic rings. The maximum atomic E-state index is 13.9. The topological polar surface area (TPSA) is 149 Å². The normalized spacial score (nSPS) is 14.9. The van der Waals surface area contributed by atoms with Gasteiger partial charge in [0.1, 0.15) is 5.75 Å². The van der Waals surface area contributed by atoms with Gasteiger partial charge in [-0.25, -0.2) is 4.98 Å². The minimum atomic E-state index is -0.995. The number of rotatable bonds is 10. The highest BCUT2D eigenvalue weighted by atomic mass is 32.2. The van der Waals surface area contributed by atoms with Crippen LogP contribution < -0.4 is 15.4 Å². The third kappa shape index (κ3) is 5.68. The van der Waals surface area contributed by atoms with Crippen molar-refractivity contribution in [3.05, 3.63) is 105 Å². The molecule has 1 unspecified atom stereocenters. The molecule has 0 bridgehead atoms. The Balaban J connectivity index is 1.33. The second-order valence-electron chi connectivity index (χ2n) is 9.92. The Hall–Kier alpha value is -4.59. The molecule has 5 aromatic rings. The summed E-state index contributed by atoms with van der Waals surface area (Å²) in [5, 5.41) is 23.0. The van der Waals surface area contributed by atoms with Gasteiger partial charge in [0, 0.05) is 5.75 Å². The summed E-state index contributed by atoms with van der Waals surface area (Å²) in [6, 6.07) is 19.8. The zero-order valence-electron chi connectivity index (χ0n) is 23.5. The first-order valence-corrected chi connectivity index (χ1v) is 16.0. The highest BCUT2D eigenvalue weighted by Gasteiger charge is 2.46. The first-order chi connectivity index (χ1) is 21.2. The number of nitrogens with two attached hydrogens (primary N) is 1. The number of amides is 2. The molecule has 2 aromatic heterocycles. The van der Waals surface area contributed by atoms with Gasteiger partial charge in [0.25, 0.3) is 11.8 Å². The lowest BCUT2D eigenvalue weighted by atomic mass is 9.95. The number of fused-ring (bicyclic) bond motifs is 1. The average Bonchev–Trinajstić information content (AvgIpc) is 3.70. The van der Waals surface area contributed by atoms with E-state index in [1.54, 1.807) is 38.1 Å². The number of hydrogen-bond donors (Lipinski definition) is 2. The number of ether oxygens (including phenoxy) is 1. The van der Waals surface area contributed by atoms with Gasteiger partial charge < -0.3 is 15.6 Å². The number of primary amides is 1. The molecule has 2 amide bonds. The van der Waals surface area contributed by atoms with Crippen molar-refractivity contribution >= 4 is 67.9 Å². The summed E-state index contributed by atoms with van der Waals surface area (Å²) in [5.74, 6) is -1.51. The third-order valence-corrected chi connectivity index (χ3v) is 10.1. The predicted octanol–water partition coefficient (Wildman–Crippen LogP) is 5.70. The molecule has 0 saturated carbocycles. The number of hydrogen-bond acceptors (Lipinski definition) is 11. The second-order valence-corrected chi connectivity index (χ2v) is 13.3. The molecule has 0 saturated heterocycles. The molecular weight excluding hydrogens is 619 g/mol. The Morgan fingerprint density at radius 2 is 1.77 bits per heavy atom. The largest absolute Gasteiger partial charge is 0.503 e. The fraction of sp³-hybridized carbons (Fsp3) is 0.161. The van der Waals surface area contributed by atoms with Crippen LogP contribution in [0, 0.1) is 13.8 Å². The molecule has 3 N–H and O–H groups in total. The smallest absolute Gasteiger partial charge is 0.296 e. The summed E-state index contributed by atoms with van der Waals surface area (Å²) < 4.78 is 6.01. The van der Waals surface area contributed by atoms with Crippen molar-refractivity contribution in [3.8, 4) is 5.75 Å². The van der Waals surface area contributed by atoms with Crippen molar-refractivity contribution in [2.75, 3.05) is 11.5 Å². The van der Waals surface area contributed by atoms with Crippen LogP contribution in [0.25, 0.3) is 10.8 Å². The third-order valence-electron chi connectivity index (χ3n) is 6.97. The predicted molar refractivity (Wildman–Crippen MR) is 170 cm³/mol. The van der Waals surface area contributed by atoms with E-state index >= 15 is 0 Å². The van der Waals surface area contributed by atoms with Crippen molar-refractivity contribution in [1.82, 2.24) is 15.2 Å². The lowest BCUT2D eigenvalue weighted by Crippen LogP contribution is -2.31. The molecule has 1 atom stereocenters. The van der Waals surface area contributed by atoms with Crippen molar-refractivity contribution in [2.24, 2.45) is 5.73 Å². The van der Waals surface area contributed by atoms with Crippen LogP contribution in [0.1, 0.15) is 37.5 Å². The zero-order valence-corrected chi connectivity index (χ0v) is 26.0. The summed E-state index contributed by atoms with van der Waals surface area (Å²) in [7, 11) is 0. The summed E-state index contributed by atoms with van der Waals surface area (Å²) in [4.78, 5) is 44.6. The minimum Gasteiger partial charge on any atom is -0.503 e. The number of aromatic nitrogens is 3. The van der Waals surface area contributed by atoms with E-state index in [-0.39, 0.29) is 17.3 Å². The van der Waals surface area contributed by atoms with Crippen LogP contribution >= 0.6 is 34.4 Å². The van der Waals surface area contributed by atoms with E-state index in [4.69, 9.17) is 10.5 Å². The molecule has 222 valence electrons. The lowest BCUT2D eigenvalue weighted by Gasteiger charge is -2.24. The van der Waals surface area contributed by atoms with E-state index in [9.17, 15) is 19.5 Å². The maximum absolute atomic E-state index is 13.9. The maximum Gasteiger partial charge on any atom is 0.296 e. The van der Waals surface area contributed by atoms with Gasteiger partial charge in [0.15, 0.2) is 16.7 Å². The average molecular weight is 644 g/mol. The standard InChI is InChI=1S/C31H25N5O5S3/c1-16-28(43-17(2)33-16)26(38)24-25(19-10-12-21(13-11-19)41-14-23(32)37)36(29(40)27(24)39)30-34-35-31(44-30)42-15-20-8-5-7-18-6-3-4-9-22(18)20/h3-13,25,39H,14-15H2,1-2H3,(H2,32,37). The highest BCUT2D eigenvalue weighted by Crippen LogP contribution is 2.45. The van der Waals surface area contributed by atoms with Crippen molar-refractivity contribution in [1.29, 1.82) is 0 Å². The summed E-state index contributed by atoms with van der Waals surface area (Å²) >= 11 is 3.89. The molecule has 10 nitrogen and oxygen atoms in total. The van der Waals surface area contributed by atoms with E-state index in [1.807, 2.05) is 18.2 Å². The van der Waals surface area contributed by atoms with Gasteiger partial charge in [0.2, 0.25) is 10.9 Å². The molecule has 0 aliphatic carbocycles. The minimum absolute atomic E-state index is 0.0762. The van der Waals surface area contributed by atoms with Crippen LogP contribution in [0.15, 0.2) is 82.4 Å². The quantitative estimate of drug-likeness (QED) is 0.111. The monoisotopic (exact) mass is 643 g/mol. The van der Waals surface area contributed by atoms with Crippen LogP contribution in [0.4, 0.5) is 5.13 Å². The number of carbonyl (C=O) groups is 3. The number of aryl methyl sites for hydroxylation is 2. The number of anilines is 1. The molecule has 3 heterocycles. The molecule has 0 fully saturated rings. The number of aliphatic hydroxyl groups is 1. The van der Waals surface area contributed by atoms with E-state index in [1.165, 1.54) is 39.3 Å². The van der Waals surface area contributed by atoms with Gasteiger partial charge >= 0.3 is 0 Å². The van der Waals surface area contributed by atoms with Crippen LogP contribution in [0.5, 0.6) is 5.75 Å². The summed E-state index contributed by atoms with van der Waals surface area (Å²) in [5.41, 5.74) is 7.29. The Bertz CT molecular complexity index is 1940. The van der Waals surface area contributed by atoms with Crippen LogP contribution in [0.3, 0.4) is 0 Å². The van der Waals surface area contributed by atoms with Crippen LogP contribution in [-0.2, 0) is 15.3 Å². The summed E-state index contributed by atoms with van der Waals surface area (Å²) in [6.45, 7) is 3.20. The number of benzene rings is 3. The zero-order chi connectivity index (χ0) is 31.0. The van der Waals surface area contributed by atoms with Gasteiger partial charge in [-0.05, 0) is 47.9 Å². The van der Waals surface area contributed by atoms with Gasteiger partial charge in [0.05, 0.1) is 27.2 Å². The first kappa shape index (κ1) is 29.5. The summed E-state index contributed by atoms with van der Waals surface area (Å²) in [6.07, 6.45) is 0. The van der Waals surface area contributed by atoms with Gasteiger partial charge in [-0.3, -0.25) is 19.3 Å². The molecule has 13 heteroatoms. The molecule has 3 aromatic carbocycles. The Morgan fingerprint density at radius 3 is 2.50 bits per heavy atom. The van der Waals surface area contributed by atoms with E-state index in [2.05, 4.69) is 39.4 Å². The Morgan fingerprint density at radius 1 is 1.02 bits per heavy atom. The van der Waals surface area contributed by atoms with E-state index < -0.39 is 29.4 Å². The number of Topliss-reactive ketones (excluding diaryl/α,β-unsaturated/α-hetero) is 1. The fourth-order valence-electron chi connectivity index (χ4n) is 5.03. The number of carbonyl (C=O) groups excluding carboxylic acids is 3. The Kier molecular flexibility index (Phi) is 8.17. The Labute approximate surface area is 264 Å². The van der Waals surface area contributed by atoms with Crippen molar-refractivity contribution in [3.63, 3.8) is 0 Å². The number of ketones is 1. The van der Waals surface area contributed by atoms with Crippen molar-refractivity contribution in [2.45, 2.75) is 30.0 Å². The van der Waals surface area contributed by atoms with Gasteiger partial charge in [-0.15, -0.1) is 21.5 Å². The second kappa shape index (κ2) is 12.2. The first-order valence-electron chi connectivity index (χ1n) is 13.4. The number of thioether (sulfide) groups is 1. The number of aliphatic hydroxyl groups excluding tert-OH is 1. The number of thiazole rings is 1. The number of nitrogens with zero attached hydrogens (tertiary/aromatic N) is 4. The fourth-order valence-corrected chi connectivity index (χ4v) is 7.78. The van der Waals surface area contributed by atoms with Crippen molar-refractivity contribution < 1.29 is 24.2 Å². The molecular formula is C31H25N5O5S3. The molecule has 6 rings (SSSR count). The lowest BCUT2D eigenvalue weighted by molar-refractivity contribution is -0.120. The highest BCUT2D eigenvalue weighted by molar-refractivity contribution is 8.00. The SMILES string of the molecule is Cc1nc(C)c(C(=O)C2=C(O)C(=O)N(c3nnc(SCc4cccc5ccccc45)s3)C2c2ccc(OCC(N)=O)cc2)s1. The molecule has 1 aliphatic heterocycles.